The van der Waals surface area contributed by atoms with E-state index in [4.69, 9.17) is 0 Å². The van der Waals surface area contributed by atoms with Gasteiger partial charge >= 0.3 is 0 Å². The summed E-state index contributed by atoms with van der Waals surface area (Å²) in [7, 11) is 0. The Labute approximate surface area is 114 Å². The molecule has 1 heterocycles. The van der Waals surface area contributed by atoms with Crippen molar-refractivity contribution in [1.29, 1.82) is 0 Å². The molecule has 0 amide bonds. The van der Waals surface area contributed by atoms with Crippen molar-refractivity contribution in [2.75, 3.05) is 0 Å². The summed E-state index contributed by atoms with van der Waals surface area (Å²) in [5.74, 6) is 0.620. The first-order chi connectivity index (χ1) is 8.20. The molecule has 1 aliphatic carbocycles. The molecule has 0 spiro atoms. The van der Waals surface area contributed by atoms with E-state index >= 15 is 0 Å². The standard InChI is InChI=1S/C14H14INO/c1-2-16-13-6-5-10(15)7-12(13)11(8-14(16)17)9-3-4-9/h5-9H,2-4H2,1H3. The van der Waals surface area contributed by atoms with Gasteiger partial charge in [-0.15, -0.1) is 0 Å². The highest BCUT2D eigenvalue weighted by molar-refractivity contribution is 14.1. The van der Waals surface area contributed by atoms with Crippen LogP contribution in [0.1, 0.15) is 31.2 Å². The second-order valence-corrected chi connectivity index (χ2v) is 5.86. The second-order valence-electron chi connectivity index (χ2n) is 4.62. The smallest absolute Gasteiger partial charge is 0.251 e. The Morgan fingerprint density at radius 3 is 2.76 bits per heavy atom. The van der Waals surface area contributed by atoms with Gasteiger partial charge in [0.15, 0.2) is 0 Å². The number of halogens is 1. The van der Waals surface area contributed by atoms with Crippen molar-refractivity contribution in [3.8, 4) is 0 Å². The minimum absolute atomic E-state index is 0.142. The molecule has 0 unspecified atom stereocenters. The van der Waals surface area contributed by atoms with Crippen LogP contribution in [0.25, 0.3) is 10.9 Å². The lowest BCUT2D eigenvalue weighted by molar-refractivity contribution is 0.757. The van der Waals surface area contributed by atoms with Crippen molar-refractivity contribution in [3.63, 3.8) is 0 Å². The zero-order chi connectivity index (χ0) is 12.0. The highest BCUT2D eigenvalue weighted by atomic mass is 127. The van der Waals surface area contributed by atoms with Gasteiger partial charge in [0.25, 0.3) is 5.56 Å². The van der Waals surface area contributed by atoms with Crippen LogP contribution >= 0.6 is 22.6 Å². The third kappa shape index (κ3) is 1.90. The molecule has 2 nitrogen and oxygen atoms in total. The molecule has 1 aromatic heterocycles. The summed E-state index contributed by atoms with van der Waals surface area (Å²) in [6.45, 7) is 2.76. The fourth-order valence-electron chi connectivity index (χ4n) is 2.44. The normalized spacial score (nSPS) is 15.4. The molecule has 0 radical (unpaired) electrons. The average molecular weight is 339 g/mol. The SMILES string of the molecule is CCn1c(=O)cc(C2CC2)c2cc(I)ccc21. The van der Waals surface area contributed by atoms with Crippen molar-refractivity contribution in [1.82, 2.24) is 4.57 Å². The van der Waals surface area contributed by atoms with Gasteiger partial charge < -0.3 is 4.57 Å². The van der Waals surface area contributed by atoms with E-state index in [1.54, 1.807) is 0 Å². The first-order valence-electron chi connectivity index (χ1n) is 6.03. The van der Waals surface area contributed by atoms with Gasteiger partial charge in [0.05, 0.1) is 5.52 Å². The molecule has 0 aliphatic heterocycles. The van der Waals surface area contributed by atoms with E-state index in [9.17, 15) is 4.79 Å². The van der Waals surface area contributed by atoms with E-state index in [1.165, 1.54) is 27.4 Å². The Morgan fingerprint density at radius 2 is 2.12 bits per heavy atom. The van der Waals surface area contributed by atoms with Gasteiger partial charge in [0.1, 0.15) is 0 Å². The molecule has 17 heavy (non-hydrogen) atoms. The summed E-state index contributed by atoms with van der Waals surface area (Å²) in [5, 5.41) is 1.26. The highest BCUT2D eigenvalue weighted by Gasteiger charge is 2.26. The van der Waals surface area contributed by atoms with E-state index in [0.717, 1.165) is 12.1 Å². The number of pyridine rings is 1. The third-order valence-electron chi connectivity index (χ3n) is 3.44. The second kappa shape index (κ2) is 4.12. The maximum atomic E-state index is 12.1. The molecule has 1 aromatic carbocycles. The van der Waals surface area contributed by atoms with E-state index in [2.05, 4.69) is 40.8 Å². The van der Waals surface area contributed by atoms with Crippen LogP contribution in [-0.2, 0) is 6.54 Å². The quantitative estimate of drug-likeness (QED) is 0.768. The van der Waals surface area contributed by atoms with Crippen molar-refractivity contribution in [2.24, 2.45) is 0 Å². The molecule has 88 valence electrons. The molecule has 1 saturated carbocycles. The molecule has 1 aliphatic rings. The van der Waals surface area contributed by atoms with Gasteiger partial charge in [0.2, 0.25) is 0 Å². The zero-order valence-electron chi connectivity index (χ0n) is 9.74. The lowest BCUT2D eigenvalue weighted by Gasteiger charge is -2.11. The monoisotopic (exact) mass is 339 g/mol. The lowest BCUT2D eigenvalue weighted by Crippen LogP contribution is -2.19. The predicted molar refractivity (Wildman–Crippen MR) is 78.6 cm³/mol. The van der Waals surface area contributed by atoms with Crippen LogP contribution < -0.4 is 5.56 Å². The Kier molecular flexibility index (Phi) is 2.73. The Bertz CT molecular complexity index is 640. The van der Waals surface area contributed by atoms with Gasteiger partial charge in [-0.2, -0.15) is 0 Å². The number of nitrogens with zero attached hydrogens (tertiary/aromatic N) is 1. The number of hydrogen-bond donors (Lipinski definition) is 0. The van der Waals surface area contributed by atoms with Gasteiger partial charge in [-0.1, -0.05) is 0 Å². The molecule has 0 atom stereocenters. The fraction of sp³-hybridized carbons (Fsp3) is 0.357. The first kappa shape index (κ1) is 11.3. The summed E-state index contributed by atoms with van der Waals surface area (Å²) in [5.41, 5.74) is 2.48. The lowest BCUT2D eigenvalue weighted by atomic mass is 10.0. The topological polar surface area (TPSA) is 22.0 Å². The van der Waals surface area contributed by atoms with Crippen LogP contribution in [0.5, 0.6) is 0 Å². The summed E-state index contributed by atoms with van der Waals surface area (Å²) in [6, 6.07) is 8.20. The molecular formula is C14H14INO. The first-order valence-corrected chi connectivity index (χ1v) is 7.11. The molecule has 2 aromatic rings. The number of aryl methyl sites for hydroxylation is 1. The minimum atomic E-state index is 0.142. The van der Waals surface area contributed by atoms with E-state index < -0.39 is 0 Å². The summed E-state index contributed by atoms with van der Waals surface area (Å²) in [6.07, 6.45) is 2.46. The summed E-state index contributed by atoms with van der Waals surface area (Å²) < 4.78 is 3.09. The van der Waals surface area contributed by atoms with E-state index in [1.807, 2.05) is 17.6 Å². The fourth-order valence-corrected chi connectivity index (χ4v) is 2.93. The Morgan fingerprint density at radius 1 is 1.35 bits per heavy atom. The average Bonchev–Trinajstić information content (AvgIpc) is 3.12. The largest absolute Gasteiger partial charge is 0.309 e. The summed E-state index contributed by atoms with van der Waals surface area (Å²) in [4.78, 5) is 12.1. The van der Waals surface area contributed by atoms with E-state index in [0.29, 0.717) is 5.92 Å². The Balaban J connectivity index is 2.41. The maximum absolute atomic E-state index is 12.1. The van der Waals surface area contributed by atoms with Crippen LogP contribution in [0, 0.1) is 3.57 Å². The van der Waals surface area contributed by atoms with Crippen LogP contribution in [-0.4, -0.2) is 4.57 Å². The molecule has 0 N–H and O–H groups in total. The van der Waals surface area contributed by atoms with Gasteiger partial charge in [0, 0.05) is 21.6 Å². The highest BCUT2D eigenvalue weighted by Crippen LogP contribution is 2.42. The molecule has 3 heteroatoms. The zero-order valence-corrected chi connectivity index (χ0v) is 11.9. The molecular weight excluding hydrogens is 325 g/mol. The third-order valence-corrected chi connectivity index (χ3v) is 4.11. The maximum Gasteiger partial charge on any atom is 0.251 e. The number of rotatable bonds is 2. The van der Waals surface area contributed by atoms with Crippen molar-refractivity contribution in [3.05, 3.63) is 43.8 Å². The van der Waals surface area contributed by atoms with Gasteiger partial charge in [-0.3, -0.25) is 4.79 Å². The molecule has 0 bridgehead atoms. The summed E-state index contributed by atoms with van der Waals surface area (Å²) >= 11 is 2.33. The Hall–Kier alpha value is -0.840. The van der Waals surface area contributed by atoms with Crippen molar-refractivity contribution >= 4 is 33.5 Å². The number of aromatic nitrogens is 1. The van der Waals surface area contributed by atoms with Crippen LogP contribution in [0.3, 0.4) is 0 Å². The molecule has 0 saturated heterocycles. The van der Waals surface area contributed by atoms with Crippen molar-refractivity contribution in [2.45, 2.75) is 32.2 Å². The molecule has 3 rings (SSSR count). The van der Waals surface area contributed by atoms with Gasteiger partial charge in [-0.25, -0.2) is 0 Å². The van der Waals surface area contributed by atoms with Crippen LogP contribution in [0.2, 0.25) is 0 Å². The number of benzene rings is 1. The van der Waals surface area contributed by atoms with Crippen LogP contribution in [0.4, 0.5) is 0 Å². The van der Waals surface area contributed by atoms with Gasteiger partial charge in [-0.05, 0) is 72.0 Å². The van der Waals surface area contributed by atoms with E-state index in [-0.39, 0.29) is 5.56 Å². The minimum Gasteiger partial charge on any atom is -0.309 e. The van der Waals surface area contributed by atoms with Crippen molar-refractivity contribution < 1.29 is 0 Å². The predicted octanol–water partition coefficient (Wildman–Crippen LogP) is 3.50. The molecule has 1 fully saturated rings. The van der Waals surface area contributed by atoms with Crippen LogP contribution in [0.15, 0.2) is 29.1 Å². The number of hydrogen-bond acceptors (Lipinski definition) is 1. The number of fused-ring (bicyclic) bond motifs is 1.